The van der Waals surface area contributed by atoms with E-state index in [1.54, 1.807) is 48.5 Å². The molecule has 7 heteroatoms. The maximum absolute atomic E-state index is 13.3. The van der Waals surface area contributed by atoms with E-state index in [-0.39, 0.29) is 17.3 Å². The number of nitrogens with zero attached hydrogens (tertiary/aromatic N) is 1. The minimum Gasteiger partial charge on any atom is -0.476 e. The smallest absolute Gasteiger partial charge is 0.264 e. The average Bonchev–Trinajstić information content (AvgIpc) is 2.77. The third-order valence-electron chi connectivity index (χ3n) is 4.95. The highest BCUT2D eigenvalue weighted by Gasteiger charge is 2.37. The van der Waals surface area contributed by atoms with Gasteiger partial charge in [-0.1, -0.05) is 60.2 Å². The van der Waals surface area contributed by atoms with Crippen molar-refractivity contribution >= 4 is 21.6 Å². The molecule has 0 saturated heterocycles. The number of anilines is 1. The molecule has 0 radical (unpaired) electrons. The van der Waals surface area contributed by atoms with Crippen LogP contribution in [0, 0.1) is 6.92 Å². The van der Waals surface area contributed by atoms with Gasteiger partial charge in [-0.2, -0.15) is 0 Å². The van der Waals surface area contributed by atoms with Crippen molar-refractivity contribution in [3.63, 3.8) is 0 Å². The summed E-state index contributed by atoms with van der Waals surface area (Å²) in [5, 5.41) is 2.83. The molecule has 3 aromatic carbocycles. The second-order valence-corrected chi connectivity index (χ2v) is 8.99. The number of benzene rings is 3. The number of carbonyl (C=O) groups excluding carboxylic acids is 1. The Morgan fingerprint density at radius 1 is 1.00 bits per heavy atom. The van der Waals surface area contributed by atoms with E-state index in [4.69, 9.17) is 4.74 Å². The van der Waals surface area contributed by atoms with Crippen LogP contribution < -0.4 is 14.4 Å². The van der Waals surface area contributed by atoms with Crippen LogP contribution in [-0.2, 0) is 21.4 Å². The van der Waals surface area contributed by atoms with Gasteiger partial charge in [0, 0.05) is 6.54 Å². The second-order valence-electron chi connectivity index (χ2n) is 7.13. The van der Waals surface area contributed by atoms with E-state index in [9.17, 15) is 13.2 Å². The molecule has 0 fully saturated rings. The van der Waals surface area contributed by atoms with Crippen LogP contribution in [0.4, 0.5) is 5.69 Å². The van der Waals surface area contributed by atoms with E-state index in [1.807, 2.05) is 37.3 Å². The Morgan fingerprint density at radius 3 is 2.40 bits per heavy atom. The molecular formula is C23H22N2O4S. The van der Waals surface area contributed by atoms with Gasteiger partial charge in [0.05, 0.1) is 17.1 Å². The molecule has 0 bridgehead atoms. The van der Waals surface area contributed by atoms with Gasteiger partial charge in [0.1, 0.15) is 5.75 Å². The third-order valence-corrected chi connectivity index (χ3v) is 6.74. The zero-order chi connectivity index (χ0) is 21.1. The van der Waals surface area contributed by atoms with Crippen LogP contribution in [0.15, 0.2) is 83.8 Å². The monoisotopic (exact) mass is 422 g/mol. The van der Waals surface area contributed by atoms with Gasteiger partial charge in [-0.25, -0.2) is 8.42 Å². The molecule has 4 rings (SSSR count). The molecule has 1 amide bonds. The summed E-state index contributed by atoms with van der Waals surface area (Å²) in [5.74, 6) is -0.00300. The van der Waals surface area contributed by atoms with E-state index in [0.29, 0.717) is 18.0 Å². The number of aryl methyl sites for hydroxylation is 1. The number of fused-ring (bicyclic) bond motifs is 1. The maximum Gasteiger partial charge on any atom is 0.264 e. The Balaban J connectivity index is 1.60. The molecule has 1 aliphatic heterocycles. The minimum absolute atomic E-state index is 0.103. The van der Waals surface area contributed by atoms with Crippen LogP contribution in [-0.4, -0.2) is 27.0 Å². The van der Waals surface area contributed by atoms with Crippen molar-refractivity contribution in [2.24, 2.45) is 0 Å². The summed E-state index contributed by atoms with van der Waals surface area (Å²) in [6.07, 6.45) is -0.955. The van der Waals surface area contributed by atoms with Gasteiger partial charge in [-0.15, -0.1) is 0 Å². The van der Waals surface area contributed by atoms with Gasteiger partial charge >= 0.3 is 0 Å². The van der Waals surface area contributed by atoms with Crippen LogP contribution in [0.2, 0.25) is 0 Å². The SMILES string of the molecule is Cc1ccc(S(=O)(=O)N2CC(C(=O)NCc3ccccc3)Oc3ccccc32)cc1. The second kappa shape index (κ2) is 8.20. The van der Waals surface area contributed by atoms with E-state index in [1.165, 1.54) is 4.31 Å². The van der Waals surface area contributed by atoms with Crippen molar-refractivity contribution in [1.29, 1.82) is 0 Å². The standard InChI is InChI=1S/C23H22N2O4S/c1-17-11-13-19(14-12-17)30(27,28)25-16-22(29-21-10-6-5-9-20(21)25)23(26)24-15-18-7-3-2-4-8-18/h2-14,22H,15-16H2,1H3,(H,24,26). The first-order valence-electron chi connectivity index (χ1n) is 9.62. The fourth-order valence-electron chi connectivity index (χ4n) is 3.30. The fraction of sp³-hybridized carbons (Fsp3) is 0.174. The first kappa shape index (κ1) is 20.0. The van der Waals surface area contributed by atoms with Crippen molar-refractivity contribution in [1.82, 2.24) is 5.32 Å². The summed E-state index contributed by atoms with van der Waals surface area (Å²) in [6, 6.07) is 23.0. The minimum atomic E-state index is -3.85. The van der Waals surface area contributed by atoms with Crippen molar-refractivity contribution in [3.05, 3.63) is 90.0 Å². The maximum atomic E-state index is 13.3. The summed E-state index contributed by atoms with van der Waals surface area (Å²) in [6.45, 7) is 2.13. The number of ether oxygens (including phenoxy) is 1. The topological polar surface area (TPSA) is 75.7 Å². The van der Waals surface area contributed by atoms with Crippen LogP contribution in [0.3, 0.4) is 0 Å². The summed E-state index contributed by atoms with van der Waals surface area (Å²) in [4.78, 5) is 13.0. The van der Waals surface area contributed by atoms with Crippen LogP contribution in [0.1, 0.15) is 11.1 Å². The zero-order valence-corrected chi connectivity index (χ0v) is 17.3. The van der Waals surface area contributed by atoms with E-state index in [0.717, 1.165) is 11.1 Å². The molecule has 1 heterocycles. The molecule has 3 aromatic rings. The highest BCUT2D eigenvalue weighted by Crippen LogP contribution is 2.36. The fourth-order valence-corrected chi connectivity index (χ4v) is 4.78. The first-order chi connectivity index (χ1) is 14.4. The quantitative estimate of drug-likeness (QED) is 0.685. The average molecular weight is 423 g/mol. The Kier molecular flexibility index (Phi) is 5.46. The molecule has 0 spiro atoms. The lowest BCUT2D eigenvalue weighted by molar-refractivity contribution is -0.127. The predicted octanol–water partition coefficient (Wildman–Crippen LogP) is 3.27. The molecule has 1 unspecified atom stereocenters. The molecule has 1 aliphatic rings. The van der Waals surface area contributed by atoms with E-state index in [2.05, 4.69) is 5.32 Å². The van der Waals surface area contributed by atoms with Crippen molar-refractivity contribution in [2.75, 3.05) is 10.8 Å². The summed E-state index contributed by atoms with van der Waals surface area (Å²) < 4.78 is 33.8. The van der Waals surface area contributed by atoms with Crippen molar-refractivity contribution in [3.8, 4) is 5.75 Å². The third kappa shape index (κ3) is 4.02. The van der Waals surface area contributed by atoms with Gasteiger partial charge in [-0.05, 0) is 36.8 Å². The first-order valence-corrected chi connectivity index (χ1v) is 11.1. The number of nitrogens with one attached hydrogen (secondary N) is 1. The lowest BCUT2D eigenvalue weighted by Gasteiger charge is -2.34. The highest BCUT2D eigenvalue weighted by molar-refractivity contribution is 7.92. The Morgan fingerprint density at radius 2 is 1.67 bits per heavy atom. The van der Waals surface area contributed by atoms with Crippen LogP contribution in [0.5, 0.6) is 5.75 Å². The summed E-state index contributed by atoms with van der Waals surface area (Å²) in [7, 11) is -3.85. The molecular weight excluding hydrogens is 400 g/mol. The summed E-state index contributed by atoms with van der Waals surface area (Å²) in [5.41, 5.74) is 2.34. The lowest BCUT2D eigenvalue weighted by atomic mass is 10.2. The molecule has 1 N–H and O–H groups in total. The molecule has 1 atom stereocenters. The molecule has 30 heavy (non-hydrogen) atoms. The van der Waals surface area contributed by atoms with E-state index >= 15 is 0 Å². The number of hydrogen-bond donors (Lipinski definition) is 1. The number of sulfonamides is 1. The zero-order valence-electron chi connectivity index (χ0n) is 16.5. The summed E-state index contributed by atoms with van der Waals surface area (Å²) >= 11 is 0. The van der Waals surface area contributed by atoms with Crippen molar-refractivity contribution in [2.45, 2.75) is 24.5 Å². The predicted molar refractivity (Wildman–Crippen MR) is 115 cm³/mol. The number of hydrogen-bond acceptors (Lipinski definition) is 4. The number of para-hydroxylation sites is 2. The van der Waals surface area contributed by atoms with Crippen LogP contribution >= 0.6 is 0 Å². The lowest BCUT2D eigenvalue weighted by Crippen LogP contribution is -2.50. The molecule has 154 valence electrons. The molecule has 6 nitrogen and oxygen atoms in total. The Hall–Kier alpha value is -3.32. The molecule has 0 aliphatic carbocycles. The number of carbonyl (C=O) groups is 1. The van der Waals surface area contributed by atoms with Gasteiger partial charge in [-0.3, -0.25) is 9.10 Å². The largest absolute Gasteiger partial charge is 0.476 e. The molecule has 0 saturated carbocycles. The van der Waals surface area contributed by atoms with Gasteiger partial charge in [0.15, 0.2) is 6.10 Å². The van der Waals surface area contributed by atoms with Gasteiger partial charge in [0.25, 0.3) is 15.9 Å². The van der Waals surface area contributed by atoms with Gasteiger partial charge in [0.2, 0.25) is 0 Å². The highest BCUT2D eigenvalue weighted by atomic mass is 32.2. The van der Waals surface area contributed by atoms with E-state index < -0.39 is 16.1 Å². The Labute approximate surface area is 176 Å². The number of amides is 1. The van der Waals surface area contributed by atoms with Crippen LogP contribution in [0.25, 0.3) is 0 Å². The Bertz CT molecular complexity index is 1150. The van der Waals surface area contributed by atoms with Gasteiger partial charge < -0.3 is 10.1 Å². The van der Waals surface area contributed by atoms with Crippen molar-refractivity contribution < 1.29 is 17.9 Å². The number of rotatable bonds is 5. The normalized spacial score (nSPS) is 15.8. The molecule has 0 aromatic heterocycles.